The van der Waals surface area contributed by atoms with Gasteiger partial charge in [-0.15, -0.1) is 0 Å². The van der Waals surface area contributed by atoms with Crippen LogP contribution >= 0.6 is 11.6 Å². The average Bonchev–Trinajstić information content (AvgIpc) is 2.70. The Morgan fingerprint density at radius 1 is 1.41 bits per heavy atom. The molecule has 1 aromatic carbocycles. The van der Waals surface area contributed by atoms with Crippen molar-refractivity contribution in [3.63, 3.8) is 0 Å². The molecule has 0 bridgehead atoms. The first-order chi connectivity index (χ1) is 8.16. The van der Waals surface area contributed by atoms with Crippen LogP contribution in [0.1, 0.15) is 11.4 Å². The molecule has 1 heterocycles. The Kier molecular flexibility index (Phi) is 3.66. The van der Waals surface area contributed by atoms with Crippen molar-refractivity contribution in [3.05, 3.63) is 47.0 Å². The summed E-state index contributed by atoms with van der Waals surface area (Å²) in [6, 6.07) is 5.19. The molecule has 0 atom stereocenters. The minimum Gasteiger partial charge on any atom is -0.506 e. The van der Waals surface area contributed by atoms with E-state index in [0.717, 1.165) is 11.4 Å². The fraction of sp³-hybridized carbons (Fsp3) is 0.250. The molecule has 5 heteroatoms. The van der Waals surface area contributed by atoms with Gasteiger partial charge in [-0.1, -0.05) is 17.7 Å². The summed E-state index contributed by atoms with van der Waals surface area (Å²) in [5, 5.41) is 12.9. The van der Waals surface area contributed by atoms with Crippen molar-refractivity contribution in [2.75, 3.05) is 0 Å². The van der Waals surface area contributed by atoms with Gasteiger partial charge in [0.1, 0.15) is 11.6 Å². The molecule has 0 aliphatic carbocycles. The van der Waals surface area contributed by atoms with E-state index in [1.165, 1.54) is 0 Å². The summed E-state index contributed by atoms with van der Waals surface area (Å²) < 4.78 is 1.97. The topological polar surface area (TPSA) is 50.1 Å². The highest BCUT2D eigenvalue weighted by Gasteiger charge is 2.01. The quantitative estimate of drug-likeness (QED) is 0.875. The normalized spacial score (nSPS) is 10.7. The van der Waals surface area contributed by atoms with Crippen LogP contribution in [0.5, 0.6) is 5.75 Å². The van der Waals surface area contributed by atoms with E-state index >= 15 is 0 Å². The summed E-state index contributed by atoms with van der Waals surface area (Å²) in [7, 11) is 1.96. The van der Waals surface area contributed by atoms with Gasteiger partial charge in [-0.2, -0.15) is 0 Å². The van der Waals surface area contributed by atoms with Crippen LogP contribution in [-0.2, 0) is 20.1 Å². The molecule has 0 aliphatic heterocycles. The molecule has 0 fully saturated rings. The van der Waals surface area contributed by atoms with E-state index in [9.17, 15) is 5.11 Å². The number of nitrogens with one attached hydrogen (secondary N) is 1. The van der Waals surface area contributed by atoms with Crippen LogP contribution in [0.2, 0.25) is 5.02 Å². The first-order valence-electron chi connectivity index (χ1n) is 5.31. The predicted molar refractivity (Wildman–Crippen MR) is 66.9 cm³/mol. The van der Waals surface area contributed by atoms with Crippen LogP contribution in [0.25, 0.3) is 0 Å². The van der Waals surface area contributed by atoms with Gasteiger partial charge in [-0.3, -0.25) is 0 Å². The number of aromatic hydroxyl groups is 1. The lowest BCUT2D eigenvalue weighted by molar-refractivity contribution is 0.475. The van der Waals surface area contributed by atoms with Gasteiger partial charge in [-0.25, -0.2) is 4.98 Å². The van der Waals surface area contributed by atoms with Crippen LogP contribution in [0.15, 0.2) is 30.6 Å². The van der Waals surface area contributed by atoms with Gasteiger partial charge in [-0.05, 0) is 17.7 Å². The lowest BCUT2D eigenvalue weighted by Gasteiger charge is -2.06. The molecule has 2 aromatic rings. The van der Waals surface area contributed by atoms with Crippen molar-refractivity contribution >= 4 is 11.6 Å². The molecular formula is C12H14ClN3O. The zero-order valence-corrected chi connectivity index (χ0v) is 10.3. The SMILES string of the molecule is Cn1ccnc1CNCc1ccc(O)c(Cl)c1. The first-order valence-corrected chi connectivity index (χ1v) is 5.69. The molecule has 90 valence electrons. The highest BCUT2D eigenvalue weighted by molar-refractivity contribution is 6.32. The summed E-state index contributed by atoms with van der Waals surface area (Å²) in [6.45, 7) is 1.38. The van der Waals surface area contributed by atoms with Gasteiger partial charge >= 0.3 is 0 Å². The third-order valence-electron chi connectivity index (χ3n) is 2.55. The number of phenols is 1. The number of rotatable bonds is 4. The molecule has 0 radical (unpaired) electrons. The van der Waals surface area contributed by atoms with Crippen molar-refractivity contribution in [1.82, 2.24) is 14.9 Å². The molecule has 0 saturated carbocycles. The molecule has 0 unspecified atom stereocenters. The van der Waals surface area contributed by atoms with Crippen molar-refractivity contribution in [1.29, 1.82) is 0 Å². The Bertz CT molecular complexity index is 510. The maximum atomic E-state index is 9.29. The minimum atomic E-state index is 0.111. The summed E-state index contributed by atoms with van der Waals surface area (Å²) in [6.07, 6.45) is 3.68. The van der Waals surface area contributed by atoms with E-state index < -0.39 is 0 Å². The van der Waals surface area contributed by atoms with Crippen LogP contribution in [0.3, 0.4) is 0 Å². The third kappa shape index (κ3) is 2.99. The van der Waals surface area contributed by atoms with Gasteiger partial charge < -0.3 is 15.0 Å². The number of imidazole rings is 1. The smallest absolute Gasteiger partial charge is 0.134 e. The lowest BCUT2D eigenvalue weighted by atomic mass is 10.2. The monoisotopic (exact) mass is 251 g/mol. The molecule has 0 amide bonds. The minimum absolute atomic E-state index is 0.111. The Morgan fingerprint density at radius 2 is 2.24 bits per heavy atom. The number of benzene rings is 1. The second-order valence-electron chi connectivity index (χ2n) is 3.84. The third-order valence-corrected chi connectivity index (χ3v) is 2.85. The van der Waals surface area contributed by atoms with E-state index in [4.69, 9.17) is 11.6 Å². The second-order valence-corrected chi connectivity index (χ2v) is 4.25. The lowest BCUT2D eigenvalue weighted by Crippen LogP contribution is -2.15. The summed E-state index contributed by atoms with van der Waals surface area (Å²) in [4.78, 5) is 4.21. The van der Waals surface area contributed by atoms with Crippen LogP contribution in [-0.4, -0.2) is 14.7 Å². The van der Waals surface area contributed by atoms with Crippen LogP contribution in [0.4, 0.5) is 0 Å². The van der Waals surface area contributed by atoms with Crippen molar-refractivity contribution < 1.29 is 5.11 Å². The summed E-state index contributed by atoms with van der Waals surface area (Å²) in [5.74, 6) is 1.09. The molecule has 0 aliphatic rings. The van der Waals surface area contributed by atoms with Crippen LogP contribution in [0, 0.1) is 0 Å². The number of phenolic OH excluding ortho intramolecular Hbond substituents is 1. The molecule has 0 spiro atoms. The molecule has 17 heavy (non-hydrogen) atoms. The summed E-state index contributed by atoms with van der Waals surface area (Å²) in [5.41, 5.74) is 1.03. The molecule has 2 N–H and O–H groups in total. The number of halogens is 1. The zero-order valence-electron chi connectivity index (χ0n) is 9.52. The van der Waals surface area contributed by atoms with Crippen molar-refractivity contribution in [3.8, 4) is 5.75 Å². The number of hydrogen-bond acceptors (Lipinski definition) is 3. The largest absolute Gasteiger partial charge is 0.506 e. The number of hydrogen-bond donors (Lipinski definition) is 2. The zero-order chi connectivity index (χ0) is 12.3. The van der Waals surface area contributed by atoms with Crippen LogP contribution < -0.4 is 5.32 Å². The molecule has 1 aromatic heterocycles. The van der Waals surface area contributed by atoms with Crippen molar-refractivity contribution in [2.24, 2.45) is 7.05 Å². The van der Waals surface area contributed by atoms with Gasteiger partial charge in [0.15, 0.2) is 0 Å². The number of nitrogens with zero attached hydrogens (tertiary/aromatic N) is 2. The average molecular weight is 252 g/mol. The van der Waals surface area contributed by atoms with Crippen molar-refractivity contribution in [2.45, 2.75) is 13.1 Å². The molecular weight excluding hydrogens is 238 g/mol. The van der Waals surface area contributed by atoms with E-state index in [2.05, 4.69) is 10.3 Å². The van der Waals surface area contributed by atoms with Gasteiger partial charge in [0, 0.05) is 26.0 Å². The fourth-order valence-electron chi connectivity index (χ4n) is 1.55. The van der Waals surface area contributed by atoms with E-state index in [0.29, 0.717) is 18.1 Å². The fourth-order valence-corrected chi connectivity index (χ4v) is 1.75. The Labute approximate surface area is 105 Å². The standard InChI is InChI=1S/C12H14ClN3O/c1-16-5-4-15-12(16)8-14-7-9-2-3-11(17)10(13)6-9/h2-6,14,17H,7-8H2,1H3. The van der Waals surface area contributed by atoms with E-state index in [1.807, 2.05) is 23.9 Å². The first kappa shape index (κ1) is 12.0. The highest BCUT2D eigenvalue weighted by Crippen LogP contribution is 2.23. The van der Waals surface area contributed by atoms with Gasteiger partial charge in [0.05, 0.1) is 11.6 Å². The second kappa shape index (κ2) is 5.21. The van der Waals surface area contributed by atoms with E-state index in [-0.39, 0.29) is 5.75 Å². The molecule has 0 saturated heterocycles. The maximum Gasteiger partial charge on any atom is 0.134 e. The Balaban J connectivity index is 1.90. The molecule has 4 nitrogen and oxygen atoms in total. The van der Waals surface area contributed by atoms with Gasteiger partial charge in [0.2, 0.25) is 0 Å². The van der Waals surface area contributed by atoms with E-state index in [1.54, 1.807) is 18.3 Å². The highest BCUT2D eigenvalue weighted by atomic mass is 35.5. The summed E-state index contributed by atoms with van der Waals surface area (Å²) >= 11 is 5.82. The number of aryl methyl sites for hydroxylation is 1. The maximum absolute atomic E-state index is 9.29. The number of aromatic nitrogens is 2. The Hall–Kier alpha value is -1.52. The Morgan fingerprint density at radius 3 is 2.88 bits per heavy atom. The molecule has 2 rings (SSSR count). The van der Waals surface area contributed by atoms with Gasteiger partial charge in [0.25, 0.3) is 0 Å². The predicted octanol–water partition coefficient (Wildman–Crippen LogP) is 2.07.